The number of carbonyl (C=O) groups excluding carboxylic acids is 2. The van der Waals surface area contributed by atoms with Gasteiger partial charge in [-0.1, -0.05) is 24.3 Å². The second kappa shape index (κ2) is 13.6. The van der Waals surface area contributed by atoms with E-state index in [0.717, 1.165) is 34.6 Å². The summed E-state index contributed by atoms with van der Waals surface area (Å²) in [4.78, 5) is 39.8. The Labute approximate surface area is 279 Å². The molecule has 1 atom stereocenters. The van der Waals surface area contributed by atoms with E-state index in [1.54, 1.807) is 30.6 Å². The second-order valence-electron chi connectivity index (χ2n) is 12.4. The lowest BCUT2D eigenvalue weighted by atomic mass is 9.89. The van der Waals surface area contributed by atoms with Crippen LogP contribution < -0.4 is 5.32 Å². The number of rotatable bonds is 8. The van der Waals surface area contributed by atoms with Crippen molar-refractivity contribution >= 4 is 28.9 Å². The molecule has 12 heteroatoms. The Hall–Kier alpha value is -5.04. The molecule has 4 aliphatic rings. The molecular formula is C36H38N8O4. The van der Waals surface area contributed by atoms with Crippen LogP contribution in [-0.2, 0) is 14.3 Å². The number of nitrogens with one attached hydrogen (secondary N) is 1. The molecule has 0 aliphatic carbocycles. The van der Waals surface area contributed by atoms with Crippen LogP contribution in [0.15, 0.2) is 101 Å². The van der Waals surface area contributed by atoms with Gasteiger partial charge in [0.15, 0.2) is 11.4 Å². The normalized spacial score (nSPS) is 20.9. The van der Waals surface area contributed by atoms with Gasteiger partial charge in [-0.2, -0.15) is 0 Å². The fraction of sp³-hybridized carbons (Fsp3) is 0.333. The molecule has 0 saturated carbocycles. The number of allylic oxidation sites excluding steroid dienone is 3. The van der Waals surface area contributed by atoms with Gasteiger partial charge in [-0.3, -0.25) is 19.7 Å². The van der Waals surface area contributed by atoms with Gasteiger partial charge in [0, 0.05) is 80.0 Å². The third kappa shape index (κ3) is 6.55. The summed E-state index contributed by atoms with van der Waals surface area (Å²) in [5, 5.41) is 22.2. The largest absolute Gasteiger partial charge is 0.364 e. The lowest BCUT2D eigenvalue weighted by molar-refractivity contribution is -0.140. The van der Waals surface area contributed by atoms with E-state index in [2.05, 4.69) is 49.8 Å². The predicted molar refractivity (Wildman–Crippen MR) is 180 cm³/mol. The maximum absolute atomic E-state index is 13.8. The van der Waals surface area contributed by atoms with Crippen LogP contribution in [0.4, 0.5) is 11.4 Å². The molecule has 2 amide bonds. The van der Waals surface area contributed by atoms with Crippen LogP contribution in [0, 0.1) is 0 Å². The highest BCUT2D eigenvalue weighted by molar-refractivity contribution is 5.99. The Morgan fingerprint density at radius 2 is 1.75 bits per heavy atom. The van der Waals surface area contributed by atoms with Crippen LogP contribution >= 0.6 is 0 Å². The van der Waals surface area contributed by atoms with Gasteiger partial charge in [-0.15, -0.1) is 10.2 Å². The highest BCUT2D eigenvalue weighted by Gasteiger charge is 2.46. The highest BCUT2D eigenvalue weighted by Crippen LogP contribution is 2.40. The summed E-state index contributed by atoms with van der Waals surface area (Å²) in [6, 6.07) is 15.7. The Bertz CT molecular complexity index is 1780. The average molecular weight is 647 g/mol. The molecule has 48 heavy (non-hydrogen) atoms. The number of piperidine rings is 1. The van der Waals surface area contributed by atoms with E-state index in [0.29, 0.717) is 68.0 Å². The predicted octanol–water partition coefficient (Wildman–Crippen LogP) is 5.51. The molecule has 2 N–H and O–H groups in total. The van der Waals surface area contributed by atoms with Crippen molar-refractivity contribution in [3.8, 4) is 11.4 Å². The van der Waals surface area contributed by atoms with Crippen molar-refractivity contribution in [1.82, 2.24) is 24.8 Å². The van der Waals surface area contributed by atoms with Crippen LogP contribution in [0.1, 0.15) is 43.2 Å². The summed E-state index contributed by atoms with van der Waals surface area (Å²) in [5.41, 5.74) is 4.76. The lowest BCUT2D eigenvalue weighted by Gasteiger charge is -2.33. The Kier molecular flexibility index (Phi) is 8.94. The van der Waals surface area contributed by atoms with E-state index in [9.17, 15) is 14.8 Å². The molecule has 246 valence electrons. The molecule has 4 aliphatic heterocycles. The van der Waals surface area contributed by atoms with E-state index in [-0.39, 0.29) is 18.4 Å². The second-order valence-corrected chi connectivity index (χ2v) is 12.4. The molecule has 0 spiro atoms. The molecule has 2 fully saturated rings. The summed E-state index contributed by atoms with van der Waals surface area (Å²) < 4.78 is 6.12. The van der Waals surface area contributed by atoms with Crippen molar-refractivity contribution in [1.29, 1.82) is 0 Å². The monoisotopic (exact) mass is 646 g/mol. The summed E-state index contributed by atoms with van der Waals surface area (Å²) in [6.45, 7) is 4.85. The van der Waals surface area contributed by atoms with Crippen molar-refractivity contribution in [3.63, 3.8) is 0 Å². The zero-order valence-corrected chi connectivity index (χ0v) is 26.8. The number of fused-ring (bicyclic) bond motifs is 1. The van der Waals surface area contributed by atoms with Crippen LogP contribution in [-0.4, -0.2) is 86.8 Å². The van der Waals surface area contributed by atoms with Gasteiger partial charge in [0.05, 0.1) is 12.2 Å². The first-order chi connectivity index (χ1) is 23.4. The zero-order chi connectivity index (χ0) is 33.1. The minimum Gasteiger partial charge on any atom is -0.364 e. The average Bonchev–Trinajstić information content (AvgIpc) is 3.74. The molecule has 1 aromatic heterocycles. The summed E-state index contributed by atoms with van der Waals surface area (Å²) in [5.74, 6) is 0.960. The molecule has 0 unspecified atom stereocenters. The van der Waals surface area contributed by atoms with Crippen molar-refractivity contribution in [2.75, 3.05) is 44.6 Å². The first-order valence-electron chi connectivity index (χ1n) is 16.4. The number of carbonyl (C=O) groups is 2. The van der Waals surface area contributed by atoms with E-state index in [4.69, 9.17) is 4.74 Å². The first kappa shape index (κ1) is 31.6. The SMILES string of the molecule is CCO[C@@]1(C(=O)Nc2ccc3c(c2)C(=C2C=CN(O)C=C2)N=N3)CCN(CC(=O)N2CCC(c3ccc(-c4ncccn4)cc3)CC2)C1. The van der Waals surface area contributed by atoms with Crippen LogP contribution in [0.3, 0.4) is 0 Å². The van der Waals surface area contributed by atoms with E-state index < -0.39 is 5.60 Å². The molecule has 12 nitrogen and oxygen atoms in total. The van der Waals surface area contributed by atoms with E-state index in [1.165, 1.54) is 18.0 Å². The number of anilines is 1. The van der Waals surface area contributed by atoms with Crippen molar-refractivity contribution in [2.45, 2.75) is 37.7 Å². The number of aromatic nitrogens is 2. The van der Waals surface area contributed by atoms with Gasteiger partial charge < -0.3 is 15.0 Å². The molecule has 0 radical (unpaired) electrons. The Morgan fingerprint density at radius 3 is 2.48 bits per heavy atom. The minimum atomic E-state index is -1.06. The van der Waals surface area contributed by atoms with Gasteiger partial charge >= 0.3 is 0 Å². The number of benzene rings is 2. The van der Waals surface area contributed by atoms with Crippen LogP contribution in [0.25, 0.3) is 17.1 Å². The maximum atomic E-state index is 13.8. The molecule has 2 saturated heterocycles. The van der Waals surface area contributed by atoms with Gasteiger partial charge in [0.1, 0.15) is 5.70 Å². The topological polar surface area (TPSA) is 136 Å². The molecule has 2 aromatic carbocycles. The zero-order valence-electron chi connectivity index (χ0n) is 26.8. The Balaban J connectivity index is 0.945. The summed E-state index contributed by atoms with van der Waals surface area (Å²) in [6.07, 6.45) is 12.3. The Morgan fingerprint density at radius 1 is 1.00 bits per heavy atom. The molecule has 3 aromatic rings. The number of hydrogen-bond donors (Lipinski definition) is 2. The molecule has 5 heterocycles. The highest BCUT2D eigenvalue weighted by atomic mass is 16.5. The van der Waals surface area contributed by atoms with Gasteiger partial charge in [-0.25, -0.2) is 15.0 Å². The van der Waals surface area contributed by atoms with Crippen LogP contribution in [0.2, 0.25) is 0 Å². The minimum absolute atomic E-state index is 0.0829. The maximum Gasteiger partial charge on any atom is 0.258 e. The smallest absolute Gasteiger partial charge is 0.258 e. The van der Waals surface area contributed by atoms with Crippen molar-refractivity contribution in [2.24, 2.45) is 10.2 Å². The number of hydrogen-bond acceptors (Lipinski definition) is 10. The van der Waals surface area contributed by atoms with E-state index in [1.807, 2.05) is 34.9 Å². The van der Waals surface area contributed by atoms with Gasteiger partial charge in [0.2, 0.25) is 5.91 Å². The third-order valence-corrected chi connectivity index (χ3v) is 9.41. The fourth-order valence-corrected chi connectivity index (χ4v) is 6.83. The summed E-state index contributed by atoms with van der Waals surface area (Å²) >= 11 is 0. The number of amides is 2. The first-order valence-corrected chi connectivity index (χ1v) is 16.4. The quantitative estimate of drug-likeness (QED) is 0.327. The van der Waals surface area contributed by atoms with Crippen molar-refractivity contribution in [3.05, 3.63) is 102 Å². The number of likely N-dealkylation sites (tertiary alicyclic amines) is 2. The van der Waals surface area contributed by atoms with E-state index >= 15 is 0 Å². The summed E-state index contributed by atoms with van der Waals surface area (Å²) in [7, 11) is 0. The van der Waals surface area contributed by atoms with Gasteiger partial charge in [-0.05, 0) is 74.1 Å². The molecular weight excluding hydrogens is 608 g/mol. The molecule has 7 rings (SSSR count). The number of ether oxygens (including phenoxy) is 1. The third-order valence-electron chi connectivity index (χ3n) is 9.41. The lowest BCUT2D eigenvalue weighted by Crippen LogP contribution is -2.49. The number of nitrogens with zero attached hydrogens (tertiary/aromatic N) is 7. The molecule has 0 bridgehead atoms. The van der Waals surface area contributed by atoms with Crippen molar-refractivity contribution < 1.29 is 19.5 Å². The van der Waals surface area contributed by atoms with Gasteiger partial charge in [0.25, 0.3) is 5.91 Å². The number of hydroxylamine groups is 2. The fourth-order valence-electron chi connectivity index (χ4n) is 6.83. The van der Waals surface area contributed by atoms with Crippen LogP contribution in [0.5, 0.6) is 0 Å². The number of azo groups is 1. The standard InChI is InChI=1S/C36H38N8O4/c1-2-48-36(35(46)39-29-8-9-31-30(22-29)33(41-40-31)27-12-19-44(47)20-13-27)14-21-42(24-36)23-32(45)43-17-10-26(11-18-43)25-4-6-28(7-5-25)34-37-15-3-16-38-34/h3-9,12-13,15-16,19-20,22,26,47H,2,10-11,14,17-18,21,23-24H2,1H3,(H,39,46)/t36-/m0/s1.